The molecule has 0 aliphatic carbocycles. The number of aliphatic carboxylic acids is 1. The predicted octanol–water partition coefficient (Wildman–Crippen LogP) is 1.44. The Hall–Kier alpha value is -2.43. The number of hydrogen-bond donors (Lipinski definition) is 2. The van der Waals surface area contributed by atoms with Crippen LogP contribution in [0.4, 0.5) is 0 Å². The maximum atomic E-state index is 12.2. The number of nitrogens with one attached hydrogen (secondary N) is 1. The van der Waals surface area contributed by atoms with E-state index in [9.17, 15) is 14.7 Å². The van der Waals surface area contributed by atoms with Gasteiger partial charge in [-0.1, -0.05) is 36.4 Å². The van der Waals surface area contributed by atoms with Gasteiger partial charge in [0, 0.05) is 12.6 Å². The van der Waals surface area contributed by atoms with Crippen LogP contribution < -0.4 is 5.32 Å². The number of allylic oxidation sites excluding steroid dienone is 1. The molecular weight excluding hydrogens is 268 g/mol. The molecule has 0 saturated carbocycles. The Kier molecular flexibility index (Phi) is 4.87. The highest BCUT2D eigenvalue weighted by molar-refractivity contribution is 5.88. The highest BCUT2D eigenvalue weighted by Gasteiger charge is 2.28. The van der Waals surface area contributed by atoms with E-state index in [2.05, 4.69) is 10.3 Å². The standard InChI is InChI=1S/C16H18N2O3/c1-11-13(8-5-9-17-11)15(19)18-14(16(20)21)10-12-6-3-2-4-7-12/h2-9,11,13-14H,10H2,1H3,(H,18,19)(H,20,21). The molecule has 1 aromatic carbocycles. The Bertz CT molecular complexity index is 566. The van der Waals surface area contributed by atoms with E-state index in [4.69, 9.17) is 0 Å². The quantitative estimate of drug-likeness (QED) is 0.859. The smallest absolute Gasteiger partial charge is 0.326 e. The zero-order valence-corrected chi connectivity index (χ0v) is 11.8. The number of benzene rings is 1. The first-order valence-corrected chi connectivity index (χ1v) is 6.85. The van der Waals surface area contributed by atoms with Crippen molar-refractivity contribution in [3.8, 4) is 0 Å². The maximum Gasteiger partial charge on any atom is 0.326 e. The van der Waals surface area contributed by atoms with Crippen molar-refractivity contribution in [2.45, 2.75) is 25.4 Å². The second-order valence-electron chi connectivity index (χ2n) is 5.04. The van der Waals surface area contributed by atoms with Gasteiger partial charge >= 0.3 is 5.97 Å². The number of amides is 1. The van der Waals surface area contributed by atoms with Gasteiger partial charge < -0.3 is 10.4 Å². The van der Waals surface area contributed by atoms with Crippen LogP contribution in [0, 0.1) is 5.92 Å². The van der Waals surface area contributed by atoms with Gasteiger partial charge in [-0.15, -0.1) is 0 Å². The van der Waals surface area contributed by atoms with E-state index in [-0.39, 0.29) is 18.4 Å². The van der Waals surface area contributed by atoms with Gasteiger partial charge in [0.05, 0.1) is 12.0 Å². The molecule has 5 heteroatoms. The lowest BCUT2D eigenvalue weighted by Gasteiger charge is -2.22. The summed E-state index contributed by atoms with van der Waals surface area (Å²) in [4.78, 5) is 27.7. The van der Waals surface area contributed by atoms with Gasteiger partial charge in [0.25, 0.3) is 0 Å². The van der Waals surface area contributed by atoms with E-state index in [1.54, 1.807) is 18.4 Å². The lowest BCUT2D eigenvalue weighted by atomic mass is 9.97. The average molecular weight is 286 g/mol. The molecule has 3 unspecified atom stereocenters. The van der Waals surface area contributed by atoms with Crippen LogP contribution in [0.1, 0.15) is 12.5 Å². The summed E-state index contributed by atoms with van der Waals surface area (Å²) in [6, 6.07) is 8.12. The Balaban J connectivity index is 2.03. The summed E-state index contributed by atoms with van der Waals surface area (Å²) in [5.41, 5.74) is 0.871. The fraction of sp³-hybridized carbons (Fsp3) is 0.312. The molecule has 0 spiro atoms. The molecule has 2 rings (SSSR count). The monoisotopic (exact) mass is 286 g/mol. The Morgan fingerprint density at radius 3 is 2.67 bits per heavy atom. The van der Waals surface area contributed by atoms with Gasteiger partial charge in [-0.05, 0) is 18.6 Å². The van der Waals surface area contributed by atoms with Gasteiger partial charge in [0.15, 0.2) is 0 Å². The summed E-state index contributed by atoms with van der Waals surface area (Å²) in [6.07, 6.45) is 5.36. The Morgan fingerprint density at radius 2 is 2.05 bits per heavy atom. The third kappa shape index (κ3) is 4.02. The minimum absolute atomic E-state index is 0.179. The second-order valence-corrected chi connectivity index (χ2v) is 5.04. The lowest BCUT2D eigenvalue weighted by molar-refractivity contribution is -0.142. The highest BCUT2D eigenvalue weighted by atomic mass is 16.4. The number of hydrogen-bond acceptors (Lipinski definition) is 3. The number of carboxylic acids is 1. The van der Waals surface area contributed by atoms with Crippen molar-refractivity contribution in [3.63, 3.8) is 0 Å². The molecule has 0 radical (unpaired) electrons. The van der Waals surface area contributed by atoms with Gasteiger partial charge in [0.2, 0.25) is 5.91 Å². The highest BCUT2D eigenvalue weighted by Crippen LogP contribution is 2.14. The van der Waals surface area contributed by atoms with Gasteiger partial charge in [-0.25, -0.2) is 4.79 Å². The maximum absolute atomic E-state index is 12.2. The van der Waals surface area contributed by atoms with Crippen molar-refractivity contribution in [2.75, 3.05) is 0 Å². The number of nitrogens with zero attached hydrogens (tertiary/aromatic N) is 1. The van der Waals surface area contributed by atoms with Crippen molar-refractivity contribution < 1.29 is 14.7 Å². The summed E-state index contributed by atoms with van der Waals surface area (Å²) < 4.78 is 0. The van der Waals surface area contributed by atoms with Crippen LogP contribution in [0.25, 0.3) is 0 Å². The van der Waals surface area contributed by atoms with Crippen LogP contribution in [-0.2, 0) is 16.0 Å². The second kappa shape index (κ2) is 6.83. The van der Waals surface area contributed by atoms with Crippen LogP contribution in [0.15, 0.2) is 47.5 Å². The summed E-state index contributed by atoms with van der Waals surface area (Å²) in [5, 5.41) is 11.9. The van der Waals surface area contributed by atoms with E-state index < -0.39 is 17.9 Å². The van der Waals surface area contributed by atoms with E-state index >= 15 is 0 Å². The fourth-order valence-corrected chi connectivity index (χ4v) is 2.23. The Morgan fingerprint density at radius 1 is 1.33 bits per heavy atom. The minimum Gasteiger partial charge on any atom is -0.480 e. The molecule has 0 bridgehead atoms. The van der Waals surface area contributed by atoms with Crippen molar-refractivity contribution >= 4 is 18.1 Å². The number of carbonyl (C=O) groups excluding carboxylic acids is 1. The number of aliphatic imine (C=N–C) groups is 1. The number of carbonyl (C=O) groups is 2. The molecule has 1 aliphatic rings. The van der Waals surface area contributed by atoms with Gasteiger partial charge in [-0.2, -0.15) is 0 Å². The van der Waals surface area contributed by atoms with Crippen LogP contribution in [0.5, 0.6) is 0 Å². The molecule has 21 heavy (non-hydrogen) atoms. The molecule has 1 aromatic rings. The van der Waals surface area contributed by atoms with Gasteiger partial charge in [-0.3, -0.25) is 9.79 Å². The minimum atomic E-state index is -1.04. The first-order chi connectivity index (χ1) is 10.1. The van der Waals surface area contributed by atoms with Crippen molar-refractivity contribution in [1.82, 2.24) is 5.32 Å². The lowest BCUT2D eigenvalue weighted by Crippen LogP contribution is -2.46. The van der Waals surface area contributed by atoms with Crippen molar-refractivity contribution in [2.24, 2.45) is 10.9 Å². The number of dihydropyridines is 1. The molecule has 0 aromatic heterocycles. The zero-order chi connectivity index (χ0) is 15.2. The molecular formula is C16H18N2O3. The molecule has 0 saturated heterocycles. The summed E-state index contributed by atoms with van der Waals surface area (Å²) >= 11 is 0. The van der Waals surface area contributed by atoms with Crippen molar-refractivity contribution in [1.29, 1.82) is 0 Å². The number of rotatable bonds is 5. The normalized spacial score (nSPS) is 21.8. The van der Waals surface area contributed by atoms with Gasteiger partial charge in [0.1, 0.15) is 6.04 Å². The molecule has 0 fully saturated rings. The molecule has 1 heterocycles. The molecule has 110 valence electrons. The number of carboxylic acid groups (broad SMARTS) is 1. The molecule has 3 atom stereocenters. The van der Waals surface area contributed by atoms with E-state index in [1.165, 1.54) is 0 Å². The largest absolute Gasteiger partial charge is 0.480 e. The van der Waals surface area contributed by atoms with Crippen LogP contribution >= 0.6 is 0 Å². The molecule has 5 nitrogen and oxygen atoms in total. The predicted molar refractivity (Wildman–Crippen MR) is 80.3 cm³/mol. The average Bonchev–Trinajstić information content (AvgIpc) is 2.48. The summed E-state index contributed by atoms with van der Waals surface area (Å²) in [5.74, 6) is -1.77. The van der Waals surface area contributed by atoms with Crippen LogP contribution in [0.3, 0.4) is 0 Å². The van der Waals surface area contributed by atoms with Crippen LogP contribution in [0.2, 0.25) is 0 Å². The summed E-state index contributed by atoms with van der Waals surface area (Å²) in [6.45, 7) is 1.83. The molecule has 1 aliphatic heterocycles. The van der Waals surface area contributed by atoms with E-state index in [0.717, 1.165) is 5.56 Å². The first-order valence-electron chi connectivity index (χ1n) is 6.85. The third-order valence-corrected chi connectivity index (χ3v) is 3.45. The summed E-state index contributed by atoms with van der Waals surface area (Å²) in [7, 11) is 0. The topological polar surface area (TPSA) is 78.8 Å². The van der Waals surface area contributed by atoms with E-state index in [0.29, 0.717) is 0 Å². The van der Waals surface area contributed by atoms with Crippen molar-refractivity contribution in [3.05, 3.63) is 48.0 Å². The fourth-order valence-electron chi connectivity index (χ4n) is 2.23. The zero-order valence-electron chi connectivity index (χ0n) is 11.8. The SMILES string of the molecule is CC1N=CC=CC1C(=O)NC(Cc1ccccc1)C(=O)O. The van der Waals surface area contributed by atoms with Crippen LogP contribution in [-0.4, -0.2) is 35.3 Å². The molecule has 1 amide bonds. The first kappa shape index (κ1) is 15.0. The van der Waals surface area contributed by atoms with E-state index in [1.807, 2.05) is 37.3 Å². The Labute approximate surface area is 123 Å². The third-order valence-electron chi connectivity index (χ3n) is 3.45. The molecule has 2 N–H and O–H groups in total.